The molecule has 0 aliphatic carbocycles. The molecule has 3 heteroatoms. The minimum absolute atomic E-state index is 0.686. The van der Waals surface area contributed by atoms with Gasteiger partial charge in [0, 0.05) is 31.7 Å². The Morgan fingerprint density at radius 2 is 1.95 bits per heavy atom. The molecule has 2 saturated heterocycles. The van der Waals surface area contributed by atoms with Crippen LogP contribution < -0.4 is 0 Å². The Morgan fingerprint density at radius 3 is 2.74 bits per heavy atom. The highest BCUT2D eigenvalue weighted by atomic mass is 15.3. The van der Waals surface area contributed by atoms with E-state index < -0.39 is 0 Å². The van der Waals surface area contributed by atoms with Crippen LogP contribution in [0.1, 0.15) is 46.0 Å². The Labute approximate surface area is 119 Å². The van der Waals surface area contributed by atoms with E-state index in [2.05, 4.69) is 35.6 Å². The molecule has 1 unspecified atom stereocenters. The lowest BCUT2D eigenvalue weighted by molar-refractivity contribution is 0.0483. The lowest BCUT2D eigenvalue weighted by Crippen LogP contribution is -2.54. The van der Waals surface area contributed by atoms with E-state index in [1.807, 2.05) is 0 Å². The number of hydrogen-bond donors (Lipinski definition) is 0. The van der Waals surface area contributed by atoms with E-state index in [1.54, 1.807) is 0 Å². The van der Waals surface area contributed by atoms with Crippen molar-refractivity contribution in [3.63, 3.8) is 0 Å². The van der Waals surface area contributed by atoms with Crippen molar-refractivity contribution in [1.82, 2.24) is 14.7 Å². The molecule has 2 fully saturated rings. The van der Waals surface area contributed by atoms with Crippen molar-refractivity contribution < 1.29 is 0 Å². The van der Waals surface area contributed by atoms with Gasteiger partial charge < -0.3 is 9.80 Å². The maximum Gasteiger partial charge on any atom is 0.0223 e. The molecule has 1 atom stereocenters. The minimum atomic E-state index is 0.686. The third-order valence-corrected chi connectivity index (χ3v) is 5.04. The first-order valence-corrected chi connectivity index (χ1v) is 8.33. The Bertz CT molecular complexity index is 254. The smallest absolute Gasteiger partial charge is 0.0223 e. The number of piperazine rings is 1. The molecule has 0 aromatic rings. The summed E-state index contributed by atoms with van der Waals surface area (Å²) in [5.41, 5.74) is 0. The van der Waals surface area contributed by atoms with Gasteiger partial charge >= 0.3 is 0 Å². The summed E-state index contributed by atoms with van der Waals surface area (Å²) < 4.78 is 0. The fourth-order valence-electron chi connectivity index (χ4n) is 3.38. The Morgan fingerprint density at radius 1 is 1.11 bits per heavy atom. The first kappa shape index (κ1) is 15.3. The molecule has 0 aromatic carbocycles. The van der Waals surface area contributed by atoms with Gasteiger partial charge in [-0.15, -0.1) is 0 Å². The molecular weight excluding hydrogens is 234 g/mol. The highest BCUT2D eigenvalue weighted by Crippen LogP contribution is 2.21. The Balaban J connectivity index is 1.59. The minimum Gasteiger partial charge on any atom is -0.304 e. The normalized spacial score (nSPS) is 26.1. The number of nitrogens with zero attached hydrogens (tertiary/aromatic N) is 3. The number of rotatable bonds is 6. The molecule has 19 heavy (non-hydrogen) atoms. The third-order valence-electron chi connectivity index (χ3n) is 5.04. The van der Waals surface area contributed by atoms with E-state index in [0.29, 0.717) is 6.04 Å². The molecule has 112 valence electrons. The van der Waals surface area contributed by atoms with Crippen molar-refractivity contribution in [3.8, 4) is 0 Å². The van der Waals surface area contributed by atoms with Gasteiger partial charge in [-0.05, 0) is 66.2 Å². The lowest BCUT2D eigenvalue weighted by atomic mass is 9.99. The van der Waals surface area contributed by atoms with Crippen molar-refractivity contribution in [2.75, 3.05) is 46.3 Å². The first-order valence-electron chi connectivity index (χ1n) is 8.33. The summed E-state index contributed by atoms with van der Waals surface area (Å²) in [7, 11) is 2.24. The van der Waals surface area contributed by atoms with Crippen LogP contribution in [-0.2, 0) is 0 Å². The van der Waals surface area contributed by atoms with Gasteiger partial charge in [0.25, 0.3) is 0 Å². The molecular formula is C16H33N3. The summed E-state index contributed by atoms with van der Waals surface area (Å²) in [6.07, 6.45) is 7.03. The van der Waals surface area contributed by atoms with E-state index in [1.165, 1.54) is 71.4 Å². The maximum atomic E-state index is 2.73. The van der Waals surface area contributed by atoms with Crippen molar-refractivity contribution in [1.29, 1.82) is 0 Å². The van der Waals surface area contributed by atoms with Gasteiger partial charge in [-0.3, -0.25) is 4.90 Å². The number of fused-ring (bicyclic) bond motifs is 1. The van der Waals surface area contributed by atoms with Crippen LogP contribution in [0.5, 0.6) is 0 Å². The van der Waals surface area contributed by atoms with Gasteiger partial charge in [0.2, 0.25) is 0 Å². The standard InChI is InChI=1S/C16H33N3/c1-15(2)17(3)9-6-7-10-18-12-13-19-11-5-4-8-16(19)14-18/h15-16H,4-14H2,1-3H3. The van der Waals surface area contributed by atoms with Crippen LogP contribution in [0.4, 0.5) is 0 Å². The van der Waals surface area contributed by atoms with Gasteiger partial charge in [-0.1, -0.05) is 6.42 Å². The zero-order chi connectivity index (χ0) is 13.7. The van der Waals surface area contributed by atoms with Crippen molar-refractivity contribution >= 4 is 0 Å². The quantitative estimate of drug-likeness (QED) is 0.684. The van der Waals surface area contributed by atoms with Crippen LogP contribution in [0, 0.1) is 0 Å². The highest BCUT2D eigenvalue weighted by molar-refractivity contribution is 4.84. The van der Waals surface area contributed by atoms with Gasteiger partial charge in [-0.2, -0.15) is 0 Å². The molecule has 0 N–H and O–H groups in total. The fraction of sp³-hybridized carbons (Fsp3) is 1.00. The van der Waals surface area contributed by atoms with Gasteiger partial charge in [-0.25, -0.2) is 0 Å². The molecule has 0 bridgehead atoms. The molecule has 2 aliphatic heterocycles. The second-order valence-corrected chi connectivity index (χ2v) is 6.77. The van der Waals surface area contributed by atoms with Crippen molar-refractivity contribution in [2.45, 2.75) is 58.0 Å². The summed E-state index contributed by atoms with van der Waals surface area (Å²) >= 11 is 0. The molecule has 2 aliphatic rings. The second-order valence-electron chi connectivity index (χ2n) is 6.77. The van der Waals surface area contributed by atoms with E-state index in [4.69, 9.17) is 0 Å². The topological polar surface area (TPSA) is 9.72 Å². The molecule has 0 radical (unpaired) electrons. The average molecular weight is 267 g/mol. The summed E-state index contributed by atoms with van der Waals surface area (Å²) in [6.45, 7) is 12.4. The highest BCUT2D eigenvalue weighted by Gasteiger charge is 2.28. The van der Waals surface area contributed by atoms with Crippen LogP contribution in [-0.4, -0.2) is 73.1 Å². The Hall–Kier alpha value is -0.120. The fourth-order valence-corrected chi connectivity index (χ4v) is 3.38. The third kappa shape index (κ3) is 4.73. The van der Waals surface area contributed by atoms with Crippen LogP contribution in [0.25, 0.3) is 0 Å². The molecule has 2 rings (SSSR count). The second kappa shape index (κ2) is 7.61. The molecule has 0 spiro atoms. The molecule has 0 amide bonds. The Kier molecular flexibility index (Phi) is 6.11. The molecule has 3 nitrogen and oxygen atoms in total. The average Bonchev–Trinajstić information content (AvgIpc) is 2.43. The van der Waals surface area contributed by atoms with E-state index in [0.717, 1.165) is 6.04 Å². The van der Waals surface area contributed by atoms with Gasteiger partial charge in [0.15, 0.2) is 0 Å². The summed E-state index contributed by atoms with van der Waals surface area (Å²) in [5, 5.41) is 0. The van der Waals surface area contributed by atoms with E-state index >= 15 is 0 Å². The molecule has 0 saturated carbocycles. The number of hydrogen-bond acceptors (Lipinski definition) is 3. The first-order chi connectivity index (χ1) is 9.16. The predicted octanol–water partition coefficient (Wildman–Crippen LogP) is 2.28. The summed E-state index contributed by atoms with van der Waals surface area (Å²) in [4.78, 5) is 7.90. The SMILES string of the molecule is CC(C)N(C)CCCCN1CCN2CCCCC2C1. The number of piperidine rings is 1. The van der Waals surface area contributed by atoms with Crippen LogP contribution in [0.15, 0.2) is 0 Å². The van der Waals surface area contributed by atoms with Crippen molar-refractivity contribution in [3.05, 3.63) is 0 Å². The zero-order valence-electron chi connectivity index (χ0n) is 13.3. The van der Waals surface area contributed by atoms with Crippen LogP contribution in [0.2, 0.25) is 0 Å². The number of unbranched alkanes of at least 4 members (excludes halogenated alkanes) is 1. The van der Waals surface area contributed by atoms with Gasteiger partial charge in [0.1, 0.15) is 0 Å². The predicted molar refractivity (Wildman–Crippen MR) is 82.7 cm³/mol. The van der Waals surface area contributed by atoms with Crippen molar-refractivity contribution in [2.24, 2.45) is 0 Å². The van der Waals surface area contributed by atoms with E-state index in [-0.39, 0.29) is 0 Å². The van der Waals surface area contributed by atoms with Crippen LogP contribution >= 0.6 is 0 Å². The zero-order valence-corrected chi connectivity index (χ0v) is 13.3. The monoisotopic (exact) mass is 267 g/mol. The largest absolute Gasteiger partial charge is 0.304 e. The van der Waals surface area contributed by atoms with Crippen LogP contribution in [0.3, 0.4) is 0 Å². The summed E-state index contributed by atoms with van der Waals surface area (Å²) in [5.74, 6) is 0. The lowest BCUT2D eigenvalue weighted by Gasteiger charge is -2.44. The summed E-state index contributed by atoms with van der Waals surface area (Å²) in [6, 6.07) is 1.56. The van der Waals surface area contributed by atoms with Gasteiger partial charge in [0.05, 0.1) is 0 Å². The molecule has 0 aromatic heterocycles. The molecule has 2 heterocycles. The van der Waals surface area contributed by atoms with E-state index in [9.17, 15) is 0 Å². The maximum absolute atomic E-state index is 2.73.